The number of aliphatic carboxylic acids is 1. The lowest BCUT2D eigenvalue weighted by atomic mass is 9.80. The molecule has 0 aliphatic heterocycles. The van der Waals surface area contributed by atoms with Crippen molar-refractivity contribution in [2.24, 2.45) is 11.3 Å². The van der Waals surface area contributed by atoms with Crippen molar-refractivity contribution in [2.75, 3.05) is 6.54 Å². The highest BCUT2D eigenvalue weighted by Crippen LogP contribution is 2.26. The second kappa shape index (κ2) is 6.54. The van der Waals surface area contributed by atoms with Crippen LogP contribution in [-0.2, 0) is 16.0 Å². The highest BCUT2D eigenvalue weighted by molar-refractivity contribution is 5.97. The molecule has 112 valence electrons. The van der Waals surface area contributed by atoms with E-state index in [2.05, 4.69) is 15.5 Å². The number of nitrogens with one attached hydrogen (secondary N) is 2. The summed E-state index contributed by atoms with van der Waals surface area (Å²) in [5.41, 5.74) is 1.54. The lowest BCUT2D eigenvalue weighted by Gasteiger charge is -2.25. The lowest BCUT2D eigenvalue weighted by molar-refractivity contribution is -0.151. The summed E-state index contributed by atoms with van der Waals surface area (Å²) in [6.45, 7) is 7.66. The third kappa shape index (κ3) is 4.36. The normalized spacial score (nSPS) is 13.0. The monoisotopic (exact) mass is 281 g/mol. The van der Waals surface area contributed by atoms with Crippen LogP contribution in [-0.4, -0.2) is 33.7 Å². The maximum Gasteiger partial charge on any atom is 0.316 e. The summed E-state index contributed by atoms with van der Waals surface area (Å²) >= 11 is 0. The first-order valence-electron chi connectivity index (χ1n) is 6.73. The van der Waals surface area contributed by atoms with Gasteiger partial charge >= 0.3 is 5.97 Å². The zero-order chi connectivity index (χ0) is 15.3. The van der Waals surface area contributed by atoms with Gasteiger partial charge in [-0.25, -0.2) is 0 Å². The summed E-state index contributed by atoms with van der Waals surface area (Å²) in [5.74, 6) is -2.53. The van der Waals surface area contributed by atoms with Gasteiger partial charge in [-0.2, -0.15) is 5.10 Å². The number of aromatic nitrogens is 2. The van der Waals surface area contributed by atoms with E-state index in [1.54, 1.807) is 27.0 Å². The molecule has 3 N–H and O–H groups in total. The van der Waals surface area contributed by atoms with Gasteiger partial charge in [-0.3, -0.25) is 14.7 Å². The van der Waals surface area contributed by atoms with Crippen LogP contribution in [0.15, 0.2) is 6.20 Å². The third-order valence-corrected chi connectivity index (χ3v) is 3.23. The summed E-state index contributed by atoms with van der Waals surface area (Å²) in [7, 11) is 0. The highest BCUT2D eigenvalue weighted by Gasteiger charge is 2.37. The minimum Gasteiger partial charge on any atom is -0.481 e. The summed E-state index contributed by atoms with van der Waals surface area (Å²) in [5, 5.41) is 18.6. The van der Waals surface area contributed by atoms with Crippen molar-refractivity contribution < 1.29 is 14.7 Å². The predicted octanol–water partition coefficient (Wildman–Crippen LogP) is 1.51. The molecule has 0 bridgehead atoms. The Morgan fingerprint density at radius 3 is 2.55 bits per heavy atom. The average molecular weight is 281 g/mol. The molecule has 0 aliphatic rings. The minimum absolute atomic E-state index is 0.422. The molecule has 6 nitrogen and oxygen atoms in total. The van der Waals surface area contributed by atoms with Crippen molar-refractivity contribution in [3.63, 3.8) is 0 Å². The standard InChI is InChI=1S/C14H23N3O3/c1-9-10(8-16-17-9)6-5-7-15-12(18)11(13(19)20)14(2,3)4/h8,11H,5-7H2,1-4H3,(H,15,18)(H,16,17)(H,19,20). The topological polar surface area (TPSA) is 95.1 Å². The molecule has 0 radical (unpaired) electrons. The van der Waals surface area contributed by atoms with Crippen LogP contribution in [0, 0.1) is 18.3 Å². The predicted molar refractivity (Wildman–Crippen MR) is 75.2 cm³/mol. The summed E-state index contributed by atoms with van der Waals surface area (Å²) in [4.78, 5) is 23.1. The van der Waals surface area contributed by atoms with Crippen LogP contribution in [0.4, 0.5) is 0 Å². The van der Waals surface area contributed by atoms with Crippen molar-refractivity contribution in [3.05, 3.63) is 17.5 Å². The Kier molecular flexibility index (Phi) is 5.30. The van der Waals surface area contributed by atoms with Gasteiger partial charge in [-0.05, 0) is 30.7 Å². The van der Waals surface area contributed by atoms with Gasteiger partial charge in [0.05, 0.1) is 6.20 Å². The first-order valence-corrected chi connectivity index (χ1v) is 6.73. The molecule has 0 fully saturated rings. The van der Waals surface area contributed by atoms with Crippen LogP contribution < -0.4 is 5.32 Å². The molecule has 1 aromatic rings. The minimum atomic E-state index is -1.08. The van der Waals surface area contributed by atoms with E-state index < -0.39 is 23.2 Å². The van der Waals surface area contributed by atoms with Crippen molar-refractivity contribution in [1.82, 2.24) is 15.5 Å². The Bertz CT molecular complexity index is 474. The summed E-state index contributed by atoms with van der Waals surface area (Å²) in [6.07, 6.45) is 3.32. The van der Waals surface area contributed by atoms with Crippen molar-refractivity contribution >= 4 is 11.9 Å². The molecular formula is C14H23N3O3. The first kappa shape index (κ1) is 16.2. The van der Waals surface area contributed by atoms with Crippen molar-refractivity contribution in [2.45, 2.75) is 40.5 Å². The first-order chi connectivity index (χ1) is 9.23. The number of hydrogen-bond donors (Lipinski definition) is 3. The quantitative estimate of drug-likeness (QED) is 0.544. The lowest BCUT2D eigenvalue weighted by Crippen LogP contribution is -2.43. The van der Waals surface area contributed by atoms with E-state index in [4.69, 9.17) is 5.11 Å². The fourth-order valence-corrected chi connectivity index (χ4v) is 2.10. The van der Waals surface area contributed by atoms with Crippen LogP contribution in [0.5, 0.6) is 0 Å². The maximum atomic E-state index is 11.9. The van der Waals surface area contributed by atoms with E-state index in [0.29, 0.717) is 6.54 Å². The van der Waals surface area contributed by atoms with Gasteiger partial charge in [0.1, 0.15) is 5.92 Å². The largest absolute Gasteiger partial charge is 0.481 e. The molecule has 0 aromatic carbocycles. The number of carbonyl (C=O) groups excluding carboxylic acids is 1. The summed E-state index contributed by atoms with van der Waals surface area (Å²) in [6, 6.07) is 0. The Balaban J connectivity index is 2.43. The van der Waals surface area contributed by atoms with Crippen molar-refractivity contribution in [3.8, 4) is 0 Å². The number of aromatic amines is 1. The van der Waals surface area contributed by atoms with E-state index in [1.807, 2.05) is 6.92 Å². The Hall–Kier alpha value is -1.85. The molecule has 1 amide bonds. The smallest absolute Gasteiger partial charge is 0.316 e. The van der Waals surface area contributed by atoms with Gasteiger partial charge in [0.15, 0.2) is 0 Å². The second-order valence-electron chi connectivity index (χ2n) is 6.05. The third-order valence-electron chi connectivity index (χ3n) is 3.23. The molecule has 0 spiro atoms. The molecular weight excluding hydrogens is 258 g/mol. The maximum absolute atomic E-state index is 11.9. The number of rotatable bonds is 6. The van der Waals surface area contributed by atoms with Crippen LogP contribution in [0.2, 0.25) is 0 Å². The van der Waals surface area contributed by atoms with Crippen LogP contribution in [0.1, 0.15) is 38.4 Å². The fourth-order valence-electron chi connectivity index (χ4n) is 2.10. The van der Waals surface area contributed by atoms with E-state index in [-0.39, 0.29) is 0 Å². The number of amides is 1. The number of aryl methyl sites for hydroxylation is 2. The molecule has 1 aromatic heterocycles. The van der Waals surface area contributed by atoms with E-state index in [1.165, 1.54) is 0 Å². The van der Waals surface area contributed by atoms with Gasteiger partial charge in [0.25, 0.3) is 0 Å². The summed E-state index contributed by atoms with van der Waals surface area (Å²) < 4.78 is 0. The molecule has 1 heterocycles. The van der Waals surface area contributed by atoms with Gasteiger partial charge in [0.2, 0.25) is 5.91 Å². The molecule has 20 heavy (non-hydrogen) atoms. The Labute approximate surface area is 119 Å². The molecule has 0 saturated carbocycles. The molecule has 6 heteroatoms. The molecule has 1 unspecified atom stereocenters. The number of carboxylic acids is 1. The van der Waals surface area contributed by atoms with E-state index in [0.717, 1.165) is 24.1 Å². The Morgan fingerprint density at radius 2 is 2.10 bits per heavy atom. The molecule has 0 saturated heterocycles. The molecule has 0 aliphatic carbocycles. The van der Waals surface area contributed by atoms with Crippen LogP contribution in [0.25, 0.3) is 0 Å². The van der Waals surface area contributed by atoms with Crippen LogP contribution >= 0.6 is 0 Å². The second-order valence-corrected chi connectivity index (χ2v) is 6.05. The number of carboxylic acid groups (broad SMARTS) is 1. The highest BCUT2D eigenvalue weighted by atomic mass is 16.4. The van der Waals surface area contributed by atoms with Gasteiger partial charge < -0.3 is 10.4 Å². The van der Waals surface area contributed by atoms with E-state index in [9.17, 15) is 9.59 Å². The number of H-pyrrole nitrogens is 1. The van der Waals surface area contributed by atoms with Crippen LogP contribution in [0.3, 0.4) is 0 Å². The Morgan fingerprint density at radius 1 is 1.45 bits per heavy atom. The van der Waals surface area contributed by atoms with Crippen molar-refractivity contribution in [1.29, 1.82) is 0 Å². The number of carbonyl (C=O) groups is 2. The van der Waals surface area contributed by atoms with Gasteiger partial charge in [0, 0.05) is 12.2 Å². The molecule has 1 atom stereocenters. The van der Waals surface area contributed by atoms with Gasteiger partial charge in [-0.15, -0.1) is 0 Å². The zero-order valence-corrected chi connectivity index (χ0v) is 12.5. The fraction of sp³-hybridized carbons (Fsp3) is 0.643. The number of hydrogen-bond acceptors (Lipinski definition) is 3. The molecule has 1 rings (SSSR count). The SMILES string of the molecule is Cc1[nH]ncc1CCCNC(=O)C(C(=O)O)C(C)(C)C. The number of nitrogens with zero attached hydrogens (tertiary/aromatic N) is 1. The average Bonchev–Trinajstić information content (AvgIpc) is 2.68. The van der Waals surface area contributed by atoms with Gasteiger partial charge in [-0.1, -0.05) is 20.8 Å². The van der Waals surface area contributed by atoms with E-state index >= 15 is 0 Å². The zero-order valence-electron chi connectivity index (χ0n) is 12.5.